The van der Waals surface area contributed by atoms with Crippen molar-refractivity contribution in [3.63, 3.8) is 0 Å². The maximum atomic E-state index is 12.7. The van der Waals surface area contributed by atoms with Crippen molar-refractivity contribution in [2.75, 3.05) is 20.8 Å². The Morgan fingerprint density at radius 3 is 2.32 bits per heavy atom. The first-order valence-electron chi connectivity index (χ1n) is 5.48. The Labute approximate surface area is 108 Å². The van der Waals surface area contributed by atoms with Gasteiger partial charge in [0.05, 0.1) is 20.8 Å². The van der Waals surface area contributed by atoms with E-state index >= 15 is 0 Å². The Bertz CT molecular complexity index is 413. The Hall–Kier alpha value is -1.50. The van der Waals surface area contributed by atoms with Crippen molar-refractivity contribution in [3.05, 3.63) is 23.8 Å². The maximum absolute atomic E-state index is 12.7. The summed E-state index contributed by atoms with van der Waals surface area (Å²) in [5.74, 6) is -3.08. The van der Waals surface area contributed by atoms with Crippen molar-refractivity contribution < 1.29 is 27.0 Å². The Morgan fingerprint density at radius 2 is 1.79 bits per heavy atom. The summed E-state index contributed by atoms with van der Waals surface area (Å²) in [6, 6.07) is 4.84. The van der Waals surface area contributed by atoms with Gasteiger partial charge in [-0.25, -0.2) is 8.78 Å². The third-order valence-electron chi connectivity index (χ3n) is 2.46. The summed E-state index contributed by atoms with van der Waals surface area (Å²) in [6.45, 7) is -1.05. The van der Waals surface area contributed by atoms with Gasteiger partial charge in [0.15, 0.2) is 11.5 Å². The topological polar surface area (TPSA) is 30.5 Å². The van der Waals surface area contributed by atoms with Crippen LogP contribution < -0.4 is 14.8 Å². The highest BCUT2D eigenvalue weighted by Gasteiger charge is 2.39. The second-order valence-corrected chi connectivity index (χ2v) is 3.85. The van der Waals surface area contributed by atoms with Crippen LogP contribution in [0.25, 0.3) is 0 Å². The third-order valence-corrected chi connectivity index (χ3v) is 2.46. The van der Waals surface area contributed by atoms with Crippen LogP contribution in [0.4, 0.5) is 17.6 Å². The Morgan fingerprint density at radius 1 is 1.16 bits per heavy atom. The molecule has 0 spiro atoms. The van der Waals surface area contributed by atoms with Gasteiger partial charge in [-0.05, 0) is 17.7 Å². The number of benzene rings is 1. The number of halogens is 4. The van der Waals surface area contributed by atoms with Gasteiger partial charge in [-0.2, -0.15) is 8.78 Å². The minimum atomic E-state index is -4.03. The summed E-state index contributed by atoms with van der Waals surface area (Å²) in [5.41, 5.74) is 0.628. The molecule has 7 heteroatoms. The number of hydrogen-bond donors (Lipinski definition) is 1. The van der Waals surface area contributed by atoms with E-state index in [1.807, 2.05) is 0 Å². The highest BCUT2D eigenvalue weighted by atomic mass is 19.3. The van der Waals surface area contributed by atoms with Gasteiger partial charge < -0.3 is 14.8 Å². The lowest BCUT2D eigenvalue weighted by Gasteiger charge is -2.16. The molecule has 0 atom stereocenters. The minimum absolute atomic E-state index is 0.0304. The monoisotopic (exact) mass is 281 g/mol. The van der Waals surface area contributed by atoms with E-state index in [2.05, 4.69) is 5.32 Å². The van der Waals surface area contributed by atoms with E-state index < -0.39 is 18.9 Å². The molecule has 1 rings (SSSR count). The predicted octanol–water partition coefficient (Wildman–Crippen LogP) is 2.69. The molecule has 0 amide bonds. The summed E-state index contributed by atoms with van der Waals surface area (Å²) in [7, 11) is 2.92. The van der Waals surface area contributed by atoms with Crippen LogP contribution in [0.3, 0.4) is 0 Å². The van der Waals surface area contributed by atoms with Gasteiger partial charge >= 0.3 is 12.3 Å². The van der Waals surface area contributed by atoms with Gasteiger partial charge in [0.25, 0.3) is 0 Å². The van der Waals surface area contributed by atoms with E-state index in [9.17, 15) is 17.6 Å². The first-order valence-corrected chi connectivity index (χ1v) is 5.48. The minimum Gasteiger partial charge on any atom is -0.493 e. The summed E-state index contributed by atoms with van der Waals surface area (Å²) in [5, 5.41) is 2.29. The molecule has 0 saturated heterocycles. The summed E-state index contributed by atoms with van der Waals surface area (Å²) < 4.78 is 59.2. The van der Waals surface area contributed by atoms with Crippen LogP contribution in [0.5, 0.6) is 11.5 Å². The summed E-state index contributed by atoms with van der Waals surface area (Å²) in [4.78, 5) is 0. The van der Waals surface area contributed by atoms with Crippen molar-refractivity contribution in [2.24, 2.45) is 0 Å². The molecule has 3 nitrogen and oxygen atoms in total. The second-order valence-electron chi connectivity index (χ2n) is 3.85. The van der Waals surface area contributed by atoms with E-state index in [-0.39, 0.29) is 6.54 Å². The molecule has 1 aromatic carbocycles. The molecule has 0 aliphatic rings. The van der Waals surface area contributed by atoms with E-state index in [0.29, 0.717) is 17.1 Å². The molecule has 0 fully saturated rings. The molecule has 0 aromatic heterocycles. The van der Waals surface area contributed by atoms with Gasteiger partial charge in [-0.1, -0.05) is 6.07 Å². The van der Waals surface area contributed by atoms with Crippen LogP contribution in [0.15, 0.2) is 18.2 Å². The van der Waals surface area contributed by atoms with Gasteiger partial charge in [-0.15, -0.1) is 0 Å². The van der Waals surface area contributed by atoms with Crippen molar-refractivity contribution >= 4 is 0 Å². The standard InChI is InChI=1S/C12H15F4NO2/c1-18-9-4-3-8(5-10(9)19-2)6-17-7-12(15,16)11(13)14/h3-5,11,17H,6-7H2,1-2H3. The lowest BCUT2D eigenvalue weighted by Crippen LogP contribution is -2.38. The highest BCUT2D eigenvalue weighted by Crippen LogP contribution is 2.27. The van der Waals surface area contributed by atoms with Crippen molar-refractivity contribution in [1.82, 2.24) is 5.32 Å². The molecule has 1 N–H and O–H groups in total. The SMILES string of the molecule is COc1ccc(CNCC(F)(F)C(F)F)cc1OC. The fraction of sp³-hybridized carbons (Fsp3) is 0.500. The number of rotatable bonds is 7. The first-order chi connectivity index (χ1) is 8.90. The fourth-order valence-electron chi connectivity index (χ4n) is 1.44. The second kappa shape index (κ2) is 6.60. The highest BCUT2D eigenvalue weighted by molar-refractivity contribution is 5.42. The summed E-state index contributed by atoms with van der Waals surface area (Å²) in [6.07, 6.45) is -3.68. The van der Waals surface area contributed by atoms with Crippen LogP contribution in [0.2, 0.25) is 0 Å². The van der Waals surface area contributed by atoms with Crippen molar-refractivity contribution in [3.8, 4) is 11.5 Å². The van der Waals surface area contributed by atoms with Crippen molar-refractivity contribution in [1.29, 1.82) is 0 Å². The van der Waals surface area contributed by atoms with E-state index in [1.54, 1.807) is 18.2 Å². The zero-order chi connectivity index (χ0) is 14.5. The first kappa shape index (κ1) is 15.6. The molecule has 19 heavy (non-hydrogen) atoms. The molecule has 0 aliphatic heterocycles. The Kier molecular flexibility index (Phi) is 5.41. The van der Waals surface area contributed by atoms with Crippen LogP contribution >= 0.6 is 0 Å². The van der Waals surface area contributed by atoms with Crippen LogP contribution in [0, 0.1) is 0 Å². The largest absolute Gasteiger partial charge is 0.493 e. The van der Waals surface area contributed by atoms with Crippen LogP contribution in [0.1, 0.15) is 5.56 Å². The van der Waals surface area contributed by atoms with Gasteiger partial charge in [0, 0.05) is 6.54 Å². The summed E-state index contributed by atoms with van der Waals surface area (Å²) >= 11 is 0. The van der Waals surface area contributed by atoms with Gasteiger partial charge in [-0.3, -0.25) is 0 Å². The lowest BCUT2D eigenvalue weighted by atomic mass is 10.2. The zero-order valence-electron chi connectivity index (χ0n) is 10.6. The van der Waals surface area contributed by atoms with Gasteiger partial charge in [0.2, 0.25) is 0 Å². The number of hydrogen-bond acceptors (Lipinski definition) is 3. The zero-order valence-corrected chi connectivity index (χ0v) is 10.6. The average molecular weight is 281 g/mol. The molecule has 0 bridgehead atoms. The molecule has 108 valence electrons. The maximum Gasteiger partial charge on any atom is 0.319 e. The number of alkyl halides is 4. The third kappa shape index (κ3) is 4.27. The number of methoxy groups -OCH3 is 2. The van der Waals surface area contributed by atoms with E-state index in [0.717, 1.165) is 0 Å². The number of nitrogens with one attached hydrogen (secondary N) is 1. The molecular weight excluding hydrogens is 266 g/mol. The molecule has 0 aliphatic carbocycles. The molecular formula is C12H15F4NO2. The van der Waals surface area contributed by atoms with Crippen LogP contribution in [-0.4, -0.2) is 33.1 Å². The number of ether oxygens (including phenoxy) is 2. The van der Waals surface area contributed by atoms with Crippen molar-refractivity contribution in [2.45, 2.75) is 18.9 Å². The quantitative estimate of drug-likeness (QED) is 0.779. The molecule has 0 saturated carbocycles. The molecule has 0 unspecified atom stereocenters. The fourth-order valence-corrected chi connectivity index (χ4v) is 1.44. The van der Waals surface area contributed by atoms with E-state index in [4.69, 9.17) is 9.47 Å². The molecule has 0 heterocycles. The van der Waals surface area contributed by atoms with Crippen LogP contribution in [-0.2, 0) is 6.54 Å². The predicted molar refractivity (Wildman–Crippen MR) is 62.2 cm³/mol. The lowest BCUT2D eigenvalue weighted by molar-refractivity contribution is -0.125. The van der Waals surface area contributed by atoms with E-state index in [1.165, 1.54) is 14.2 Å². The smallest absolute Gasteiger partial charge is 0.319 e. The normalized spacial score (nSPS) is 11.7. The average Bonchev–Trinajstić information content (AvgIpc) is 2.38. The molecule has 0 radical (unpaired) electrons. The Balaban J connectivity index is 2.59. The van der Waals surface area contributed by atoms with Gasteiger partial charge in [0.1, 0.15) is 0 Å². The molecule has 1 aromatic rings.